The van der Waals surface area contributed by atoms with Gasteiger partial charge in [-0.3, -0.25) is 4.98 Å². The number of ether oxygens (including phenoxy) is 2. The number of rotatable bonds is 9. The summed E-state index contributed by atoms with van der Waals surface area (Å²) in [5, 5.41) is 0. The third-order valence-corrected chi connectivity index (χ3v) is 4.61. The van der Waals surface area contributed by atoms with Gasteiger partial charge in [0, 0.05) is 25.0 Å². The zero-order valence-electron chi connectivity index (χ0n) is 17.2. The number of nitrogens with zero attached hydrogens (tertiary/aromatic N) is 3. The molecule has 0 unspecified atom stereocenters. The molecule has 0 spiro atoms. The molecule has 2 aromatic heterocycles. The highest BCUT2D eigenvalue weighted by molar-refractivity contribution is 5.77. The highest BCUT2D eigenvalue weighted by Crippen LogP contribution is 2.27. The first-order valence-electron chi connectivity index (χ1n) is 9.98. The first-order valence-corrected chi connectivity index (χ1v) is 9.98. The number of aromatic nitrogens is 2. The molecule has 0 radical (unpaired) electrons. The minimum absolute atomic E-state index is 0.472. The molecule has 6 heteroatoms. The van der Waals surface area contributed by atoms with Crippen molar-refractivity contribution < 1.29 is 13.9 Å². The third-order valence-electron chi connectivity index (χ3n) is 4.61. The van der Waals surface area contributed by atoms with Gasteiger partial charge in [-0.2, -0.15) is 0 Å². The SMILES string of the molecule is CN(C)CCCOc1ccc(COc2ccc3oc(-c4cccnc4)nc3c2)cc1. The second-order valence-electron chi connectivity index (χ2n) is 7.33. The maximum Gasteiger partial charge on any atom is 0.228 e. The van der Waals surface area contributed by atoms with E-state index in [1.807, 2.05) is 54.6 Å². The Morgan fingerprint density at radius 1 is 0.967 bits per heavy atom. The lowest BCUT2D eigenvalue weighted by molar-refractivity contribution is 0.281. The van der Waals surface area contributed by atoms with Crippen LogP contribution in [0.4, 0.5) is 0 Å². The van der Waals surface area contributed by atoms with Crippen molar-refractivity contribution in [1.29, 1.82) is 0 Å². The number of fused-ring (bicyclic) bond motifs is 1. The molecule has 4 rings (SSSR count). The second kappa shape index (κ2) is 9.41. The van der Waals surface area contributed by atoms with Crippen LogP contribution < -0.4 is 9.47 Å². The zero-order valence-corrected chi connectivity index (χ0v) is 17.2. The number of benzene rings is 2. The fraction of sp³-hybridized carbons (Fsp3) is 0.250. The molecule has 0 N–H and O–H groups in total. The monoisotopic (exact) mass is 403 g/mol. The van der Waals surface area contributed by atoms with Gasteiger partial charge in [0.25, 0.3) is 0 Å². The molecule has 0 saturated carbocycles. The van der Waals surface area contributed by atoms with Gasteiger partial charge in [0.1, 0.15) is 23.6 Å². The summed E-state index contributed by atoms with van der Waals surface area (Å²) in [5.41, 5.74) is 3.40. The lowest BCUT2D eigenvalue weighted by atomic mass is 10.2. The van der Waals surface area contributed by atoms with Gasteiger partial charge in [0.2, 0.25) is 5.89 Å². The van der Waals surface area contributed by atoms with E-state index in [0.717, 1.165) is 46.7 Å². The van der Waals surface area contributed by atoms with Crippen LogP contribution in [0.5, 0.6) is 11.5 Å². The number of oxazole rings is 1. The molecule has 2 heterocycles. The number of hydrogen-bond donors (Lipinski definition) is 0. The molecule has 0 saturated heterocycles. The second-order valence-corrected chi connectivity index (χ2v) is 7.33. The molecular weight excluding hydrogens is 378 g/mol. The van der Waals surface area contributed by atoms with E-state index in [9.17, 15) is 0 Å². The van der Waals surface area contributed by atoms with E-state index in [1.165, 1.54) is 0 Å². The standard InChI is InChI=1S/C24H25N3O3/c1-27(2)13-4-14-28-20-8-6-18(7-9-20)17-29-21-10-11-23-22(15-21)26-24(30-23)19-5-3-12-25-16-19/h3,5-12,15-16H,4,13-14,17H2,1-2H3. The molecule has 2 aromatic carbocycles. The first-order chi connectivity index (χ1) is 14.7. The molecule has 0 aliphatic rings. The van der Waals surface area contributed by atoms with Crippen LogP contribution in [-0.2, 0) is 6.61 Å². The summed E-state index contributed by atoms with van der Waals surface area (Å²) in [4.78, 5) is 10.8. The minimum atomic E-state index is 0.472. The maximum absolute atomic E-state index is 5.94. The van der Waals surface area contributed by atoms with E-state index in [0.29, 0.717) is 19.1 Å². The number of hydrogen-bond acceptors (Lipinski definition) is 6. The Hall–Kier alpha value is -3.38. The molecule has 0 aliphatic carbocycles. The predicted octanol–water partition coefficient (Wildman–Crippen LogP) is 4.80. The molecule has 154 valence electrons. The first kappa shape index (κ1) is 19.9. The Balaban J connectivity index is 1.34. The zero-order chi connectivity index (χ0) is 20.8. The average Bonchev–Trinajstić information content (AvgIpc) is 3.20. The van der Waals surface area contributed by atoms with Gasteiger partial charge < -0.3 is 18.8 Å². The molecule has 0 aliphatic heterocycles. The summed E-state index contributed by atoms with van der Waals surface area (Å²) in [6.07, 6.45) is 4.46. The van der Waals surface area contributed by atoms with Crippen molar-refractivity contribution in [2.75, 3.05) is 27.2 Å². The Morgan fingerprint density at radius 2 is 1.80 bits per heavy atom. The van der Waals surface area contributed by atoms with Crippen LogP contribution in [-0.4, -0.2) is 42.1 Å². The van der Waals surface area contributed by atoms with Gasteiger partial charge in [0.15, 0.2) is 5.58 Å². The van der Waals surface area contributed by atoms with Crippen LogP contribution in [0.15, 0.2) is 71.4 Å². The quantitative estimate of drug-likeness (QED) is 0.374. The third kappa shape index (κ3) is 5.15. The van der Waals surface area contributed by atoms with Gasteiger partial charge in [0.05, 0.1) is 12.2 Å². The Bertz CT molecular complexity index is 1080. The van der Waals surface area contributed by atoms with Crippen molar-refractivity contribution in [1.82, 2.24) is 14.9 Å². The molecule has 4 aromatic rings. The topological polar surface area (TPSA) is 60.6 Å². The fourth-order valence-corrected chi connectivity index (χ4v) is 3.03. The van der Waals surface area contributed by atoms with E-state index in [2.05, 4.69) is 29.0 Å². The lowest BCUT2D eigenvalue weighted by Gasteiger charge is -2.11. The van der Waals surface area contributed by atoms with Gasteiger partial charge in [-0.05, 0) is 62.5 Å². The van der Waals surface area contributed by atoms with Crippen molar-refractivity contribution >= 4 is 11.1 Å². The van der Waals surface area contributed by atoms with Crippen molar-refractivity contribution in [3.05, 3.63) is 72.6 Å². The van der Waals surface area contributed by atoms with Gasteiger partial charge in [-0.1, -0.05) is 12.1 Å². The van der Waals surface area contributed by atoms with Gasteiger partial charge >= 0.3 is 0 Å². The molecule has 0 fully saturated rings. The average molecular weight is 403 g/mol. The minimum Gasteiger partial charge on any atom is -0.494 e. The highest BCUT2D eigenvalue weighted by atomic mass is 16.5. The summed E-state index contributed by atoms with van der Waals surface area (Å²) in [5.74, 6) is 2.18. The summed E-state index contributed by atoms with van der Waals surface area (Å²) in [6.45, 7) is 2.21. The van der Waals surface area contributed by atoms with Crippen molar-refractivity contribution in [2.45, 2.75) is 13.0 Å². The maximum atomic E-state index is 5.94. The summed E-state index contributed by atoms with van der Waals surface area (Å²) in [7, 11) is 4.13. The summed E-state index contributed by atoms with van der Waals surface area (Å²) >= 11 is 0. The van der Waals surface area contributed by atoms with Crippen LogP contribution in [0, 0.1) is 0 Å². The van der Waals surface area contributed by atoms with Crippen LogP contribution in [0.3, 0.4) is 0 Å². The van der Waals surface area contributed by atoms with Crippen molar-refractivity contribution in [2.24, 2.45) is 0 Å². The molecule has 30 heavy (non-hydrogen) atoms. The lowest BCUT2D eigenvalue weighted by Crippen LogP contribution is -2.15. The number of pyridine rings is 1. The van der Waals surface area contributed by atoms with Gasteiger partial charge in [-0.25, -0.2) is 4.98 Å². The Morgan fingerprint density at radius 3 is 2.57 bits per heavy atom. The largest absolute Gasteiger partial charge is 0.494 e. The Labute approximate surface area is 176 Å². The molecule has 0 atom stereocenters. The van der Waals surface area contributed by atoms with Crippen LogP contribution in [0.1, 0.15) is 12.0 Å². The predicted molar refractivity (Wildman–Crippen MR) is 117 cm³/mol. The molecular formula is C24H25N3O3. The Kier molecular flexibility index (Phi) is 6.25. The van der Waals surface area contributed by atoms with Crippen molar-refractivity contribution in [3.63, 3.8) is 0 Å². The fourth-order valence-electron chi connectivity index (χ4n) is 3.03. The van der Waals surface area contributed by atoms with E-state index < -0.39 is 0 Å². The highest BCUT2D eigenvalue weighted by Gasteiger charge is 2.09. The van der Waals surface area contributed by atoms with E-state index >= 15 is 0 Å². The molecule has 0 amide bonds. The van der Waals surface area contributed by atoms with E-state index in [1.54, 1.807) is 12.4 Å². The normalized spacial score (nSPS) is 11.2. The summed E-state index contributed by atoms with van der Waals surface area (Å²) < 4.78 is 17.5. The molecule has 0 bridgehead atoms. The summed E-state index contributed by atoms with van der Waals surface area (Å²) in [6, 6.07) is 17.5. The van der Waals surface area contributed by atoms with E-state index in [4.69, 9.17) is 13.9 Å². The van der Waals surface area contributed by atoms with Crippen LogP contribution in [0.25, 0.3) is 22.6 Å². The van der Waals surface area contributed by atoms with Crippen LogP contribution >= 0.6 is 0 Å². The smallest absolute Gasteiger partial charge is 0.228 e. The van der Waals surface area contributed by atoms with Gasteiger partial charge in [-0.15, -0.1) is 0 Å². The van der Waals surface area contributed by atoms with Crippen molar-refractivity contribution in [3.8, 4) is 23.0 Å². The van der Waals surface area contributed by atoms with E-state index in [-0.39, 0.29) is 0 Å². The van der Waals surface area contributed by atoms with Crippen LogP contribution in [0.2, 0.25) is 0 Å². The molecule has 6 nitrogen and oxygen atoms in total.